The number of carbonyl (C=O) groups excluding carboxylic acids is 1. The van der Waals surface area contributed by atoms with Crippen LogP contribution in [0.25, 0.3) is 0 Å². The van der Waals surface area contributed by atoms with E-state index in [-0.39, 0.29) is 11.9 Å². The third-order valence-electron chi connectivity index (χ3n) is 2.21. The summed E-state index contributed by atoms with van der Waals surface area (Å²) in [5.74, 6) is 0.0821. The zero-order valence-corrected chi connectivity index (χ0v) is 7.55. The van der Waals surface area contributed by atoms with Gasteiger partial charge in [0.1, 0.15) is 0 Å². The first kappa shape index (κ1) is 8.10. The van der Waals surface area contributed by atoms with Crippen LogP contribution < -0.4 is 0 Å². The molecule has 0 aromatic heterocycles. The van der Waals surface area contributed by atoms with E-state index in [9.17, 15) is 4.79 Å². The summed E-state index contributed by atoms with van der Waals surface area (Å²) >= 11 is 0. The molecule has 1 amide bonds. The summed E-state index contributed by atoms with van der Waals surface area (Å²) in [6, 6.07) is 0.211. The Bertz CT molecular complexity index is 292. The molecule has 2 aliphatic rings. The Labute approximate surface area is 77.6 Å². The van der Waals surface area contributed by atoms with Gasteiger partial charge in [0.15, 0.2) is 0 Å². The molecule has 0 unspecified atom stereocenters. The van der Waals surface area contributed by atoms with E-state index in [2.05, 4.69) is 12.2 Å². The molecule has 0 aromatic carbocycles. The first-order chi connectivity index (χ1) is 6.29. The SMILES string of the molecule is CC(=O)N1CC=CN1C1C=CC=C1. The van der Waals surface area contributed by atoms with Crippen LogP contribution in [0.4, 0.5) is 0 Å². The number of rotatable bonds is 1. The van der Waals surface area contributed by atoms with E-state index in [0.717, 1.165) is 0 Å². The molecule has 1 aliphatic heterocycles. The minimum absolute atomic E-state index is 0.0821. The fourth-order valence-corrected chi connectivity index (χ4v) is 1.58. The van der Waals surface area contributed by atoms with Crippen LogP contribution in [-0.4, -0.2) is 28.5 Å². The van der Waals surface area contributed by atoms with Crippen LogP contribution >= 0.6 is 0 Å². The van der Waals surface area contributed by atoms with Gasteiger partial charge in [-0.15, -0.1) is 0 Å². The molecule has 3 heteroatoms. The second-order valence-corrected chi connectivity index (χ2v) is 3.13. The minimum atomic E-state index is 0.0821. The normalized spacial score (nSPS) is 20.7. The van der Waals surface area contributed by atoms with Crippen molar-refractivity contribution >= 4 is 5.91 Å². The van der Waals surface area contributed by atoms with Crippen molar-refractivity contribution in [3.8, 4) is 0 Å². The highest BCUT2D eigenvalue weighted by Gasteiger charge is 2.23. The zero-order valence-electron chi connectivity index (χ0n) is 7.55. The number of nitrogens with zero attached hydrogens (tertiary/aromatic N) is 2. The van der Waals surface area contributed by atoms with Crippen molar-refractivity contribution in [1.29, 1.82) is 0 Å². The fraction of sp³-hybridized carbons (Fsp3) is 0.300. The van der Waals surface area contributed by atoms with Crippen molar-refractivity contribution in [2.24, 2.45) is 0 Å². The van der Waals surface area contributed by atoms with Crippen molar-refractivity contribution in [2.45, 2.75) is 13.0 Å². The van der Waals surface area contributed by atoms with E-state index in [1.54, 1.807) is 11.9 Å². The molecule has 0 spiro atoms. The summed E-state index contributed by atoms with van der Waals surface area (Å²) in [4.78, 5) is 11.2. The topological polar surface area (TPSA) is 23.6 Å². The van der Waals surface area contributed by atoms with E-state index in [1.165, 1.54) is 0 Å². The first-order valence-electron chi connectivity index (χ1n) is 4.37. The number of allylic oxidation sites excluding steroid dienone is 2. The lowest BCUT2D eigenvalue weighted by Gasteiger charge is -2.31. The molecule has 2 rings (SSSR count). The lowest BCUT2D eigenvalue weighted by Crippen LogP contribution is -2.43. The molecule has 1 aliphatic carbocycles. The van der Waals surface area contributed by atoms with Crippen molar-refractivity contribution in [2.75, 3.05) is 6.54 Å². The summed E-state index contributed by atoms with van der Waals surface area (Å²) in [6.45, 7) is 2.27. The number of carbonyl (C=O) groups is 1. The largest absolute Gasteiger partial charge is 0.279 e. The highest BCUT2D eigenvalue weighted by molar-refractivity contribution is 5.73. The van der Waals surface area contributed by atoms with Gasteiger partial charge in [-0.3, -0.25) is 9.80 Å². The Hall–Kier alpha value is -1.51. The molecule has 0 fully saturated rings. The van der Waals surface area contributed by atoms with Crippen LogP contribution in [0.2, 0.25) is 0 Å². The van der Waals surface area contributed by atoms with Gasteiger partial charge in [0.2, 0.25) is 5.91 Å². The molecular weight excluding hydrogens is 164 g/mol. The molecule has 0 atom stereocenters. The standard InChI is InChI=1S/C10H12N2O/c1-9(13)11-7-4-8-12(11)10-5-2-3-6-10/h2-6,8,10H,7H2,1H3. The van der Waals surface area contributed by atoms with Gasteiger partial charge in [-0.2, -0.15) is 0 Å². The molecule has 68 valence electrons. The van der Waals surface area contributed by atoms with Crippen LogP contribution in [0, 0.1) is 0 Å². The molecule has 0 saturated heterocycles. The number of hydrogen-bond donors (Lipinski definition) is 0. The Morgan fingerprint density at radius 1 is 1.38 bits per heavy atom. The predicted molar refractivity (Wildman–Crippen MR) is 50.4 cm³/mol. The molecular formula is C10H12N2O. The third-order valence-corrected chi connectivity index (χ3v) is 2.21. The van der Waals surface area contributed by atoms with E-state index >= 15 is 0 Å². The Morgan fingerprint density at radius 3 is 2.69 bits per heavy atom. The van der Waals surface area contributed by atoms with Gasteiger partial charge >= 0.3 is 0 Å². The van der Waals surface area contributed by atoms with E-state index in [0.29, 0.717) is 6.54 Å². The van der Waals surface area contributed by atoms with E-state index < -0.39 is 0 Å². The lowest BCUT2D eigenvalue weighted by molar-refractivity contribution is -0.140. The number of hydrogen-bond acceptors (Lipinski definition) is 2. The van der Waals surface area contributed by atoms with Gasteiger partial charge in [0.05, 0.1) is 12.6 Å². The van der Waals surface area contributed by atoms with Crippen molar-refractivity contribution in [3.63, 3.8) is 0 Å². The van der Waals surface area contributed by atoms with E-state index in [4.69, 9.17) is 0 Å². The molecule has 0 saturated carbocycles. The average Bonchev–Trinajstić information content (AvgIpc) is 2.74. The van der Waals surface area contributed by atoms with E-state index in [1.807, 2.05) is 29.4 Å². The first-order valence-corrected chi connectivity index (χ1v) is 4.37. The summed E-state index contributed by atoms with van der Waals surface area (Å²) in [6.07, 6.45) is 12.1. The maximum Gasteiger partial charge on any atom is 0.238 e. The van der Waals surface area contributed by atoms with Gasteiger partial charge in [-0.05, 0) is 6.08 Å². The summed E-state index contributed by atoms with van der Waals surface area (Å²) in [5, 5.41) is 3.67. The molecule has 3 nitrogen and oxygen atoms in total. The maximum atomic E-state index is 11.2. The Balaban J connectivity index is 2.13. The minimum Gasteiger partial charge on any atom is -0.279 e. The van der Waals surface area contributed by atoms with Gasteiger partial charge in [0, 0.05) is 13.1 Å². The smallest absolute Gasteiger partial charge is 0.238 e. The second-order valence-electron chi connectivity index (χ2n) is 3.13. The van der Waals surface area contributed by atoms with Crippen LogP contribution in [0.5, 0.6) is 0 Å². The summed E-state index contributed by atoms with van der Waals surface area (Å²) < 4.78 is 0. The van der Waals surface area contributed by atoms with Crippen molar-refractivity contribution in [3.05, 3.63) is 36.6 Å². The van der Waals surface area contributed by atoms with Crippen LogP contribution in [0.1, 0.15) is 6.92 Å². The van der Waals surface area contributed by atoms with Crippen LogP contribution in [0.3, 0.4) is 0 Å². The Kier molecular flexibility index (Phi) is 1.93. The molecule has 0 aromatic rings. The maximum absolute atomic E-state index is 11.2. The lowest BCUT2D eigenvalue weighted by atomic mass is 10.3. The van der Waals surface area contributed by atoms with Gasteiger partial charge in [-0.1, -0.05) is 24.3 Å². The molecule has 0 N–H and O–H groups in total. The third kappa shape index (κ3) is 1.37. The summed E-state index contributed by atoms with van der Waals surface area (Å²) in [5.41, 5.74) is 0. The average molecular weight is 176 g/mol. The monoisotopic (exact) mass is 176 g/mol. The number of amides is 1. The molecule has 0 radical (unpaired) electrons. The molecule has 0 bridgehead atoms. The summed E-state index contributed by atoms with van der Waals surface area (Å²) in [7, 11) is 0. The van der Waals surface area contributed by atoms with Crippen molar-refractivity contribution < 1.29 is 4.79 Å². The van der Waals surface area contributed by atoms with Gasteiger partial charge < -0.3 is 0 Å². The van der Waals surface area contributed by atoms with Gasteiger partial charge in [-0.25, -0.2) is 5.01 Å². The number of hydrazine groups is 1. The van der Waals surface area contributed by atoms with Crippen LogP contribution in [0.15, 0.2) is 36.6 Å². The van der Waals surface area contributed by atoms with Gasteiger partial charge in [0.25, 0.3) is 0 Å². The van der Waals surface area contributed by atoms with Crippen molar-refractivity contribution in [1.82, 2.24) is 10.0 Å². The highest BCUT2D eigenvalue weighted by atomic mass is 16.2. The highest BCUT2D eigenvalue weighted by Crippen LogP contribution is 2.17. The van der Waals surface area contributed by atoms with Crippen LogP contribution in [-0.2, 0) is 4.79 Å². The Morgan fingerprint density at radius 2 is 2.08 bits per heavy atom. The fourth-order valence-electron chi connectivity index (χ4n) is 1.58. The quantitative estimate of drug-likeness (QED) is 0.596. The predicted octanol–water partition coefficient (Wildman–Crippen LogP) is 1.07. The second kappa shape index (κ2) is 3.09. The molecule has 1 heterocycles. The zero-order chi connectivity index (χ0) is 9.26. The molecule has 13 heavy (non-hydrogen) atoms.